The molecule has 3 rings (SSSR count). The third-order valence-corrected chi connectivity index (χ3v) is 4.43. The summed E-state index contributed by atoms with van der Waals surface area (Å²) in [5.41, 5.74) is 10.4. The van der Waals surface area contributed by atoms with Crippen molar-refractivity contribution in [3.05, 3.63) is 65.2 Å². The molecule has 2 aromatic rings. The fourth-order valence-corrected chi connectivity index (χ4v) is 2.80. The molecule has 0 spiro atoms. The highest BCUT2D eigenvalue weighted by Crippen LogP contribution is 2.14. The summed E-state index contributed by atoms with van der Waals surface area (Å²) in [7, 11) is 0. The molecule has 0 aliphatic carbocycles. The van der Waals surface area contributed by atoms with Crippen LogP contribution in [0.25, 0.3) is 0 Å². The van der Waals surface area contributed by atoms with Gasteiger partial charge in [-0.25, -0.2) is 4.99 Å². The second-order valence-corrected chi connectivity index (χ2v) is 6.63. The van der Waals surface area contributed by atoms with Crippen LogP contribution in [0.5, 0.6) is 0 Å². The Morgan fingerprint density at radius 1 is 1.07 bits per heavy atom. The van der Waals surface area contributed by atoms with E-state index in [-0.39, 0.29) is 24.0 Å². The molecule has 1 fully saturated rings. The lowest BCUT2D eigenvalue weighted by Gasteiger charge is -2.22. The molecule has 1 aliphatic heterocycles. The summed E-state index contributed by atoms with van der Waals surface area (Å²) in [6.07, 6.45) is 2.29. The minimum absolute atomic E-state index is 0. The van der Waals surface area contributed by atoms with Crippen LogP contribution in [0.4, 0.5) is 5.69 Å². The maximum Gasteiger partial charge on any atom is 0.193 e. The summed E-state index contributed by atoms with van der Waals surface area (Å²) in [4.78, 5) is 4.40. The van der Waals surface area contributed by atoms with Crippen molar-refractivity contribution in [2.24, 2.45) is 10.7 Å². The van der Waals surface area contributed by atoms with E-state index >= 15 is 0 Å². The molecule has 6 heteroatoms. The van der Waals surface area contributed by atoms with E-state index in [1.165, 1.54) is 11.1 Å². The van der Waals surface area contributed by atoms with Crippen LogP contribution in [0.2, 0.25) is 0 Å². The number of aliphatic imine (C=N–C) groups is 1. The molecule has 0 radical (unpaired) electrons. The molecular formula is C21H28IN3O2. The topological polar surface area (TPSA) is 68.9 Å². The molecule has 0 saturated carbocycles. The predicted molar refractivity (Wildman–Crippen MR) is 121 cm³/mol. The van der Waals surface area contributed by atoms with E-state index in [0.29, 0.717) is 25.2 Å². The first-order valence-electron chi connectivity index (χ1n) is 9.10. The number of benzene rings is 2. The number of nitrogens with one attached hydrogen (secondary N) is 1. The van der Waals surface area contributed by atoms with Crippen molar-refractivity contribution in [3.8, 4) is 0 Å². The lowest BCUT2D eigenvalue weighted by atomic mass is 10.1. The van der Waals surface area contributed by atoms with Gasteiger partial charge < -0.3 is 20.5 Å². The minimum Gasteiger partial charge on any atom is -0.381 e. The molecule has 0 amide bonds. The van der Waals surface area contributed by atoms with Crippen molar-refractivity contribution in [2.75, 3.05) is 18.5 Å². The summed E-state index contributed by atoms with van der Waals surface area (Å²) in [6, 6.07) is 16.4. The Morgan fingerprint density at radius 3 is 2.37 bits per heavy atom. The first-order valence-corrected chi connectivity index (χ1v) is 9.10. The molecule has 0 unspecified atom stereocenters. The zero-order valence-electron chi connectivity index (χ0n) is 15.7. The van der Waals surface area contributed by atoms with E-state index in [2.05, 4.69) is 41.5 Å². The van der Waals surface area contributed by atoms with E-state index in [1.54, 1.807) is 0 Å². The number of nitrogens with zero attached hydrogens (tertiary/aromatic N) is 1. The highest BCUT2D eigenvalue weighted by molar-refractivity contribution is 14.0. The normalized spacial score (nSPS) is 15.2. The highest BCUT2D eigenvalue weighted by atomic mass is 127. The number of hydrogen-bond donors (Lipinski definition) is 2. The lowest BCUT2D eigenvalue weighted by molar-refractivity contribution is -0.0390. The SMILES string of the molecule is Cc1ccc(NC(N)=NCc2ccc(COC3CCOCC3)cc2)cc1.I. The van der Waals surface area contributed by atoms with Crippen LogP contribution >= 0.6 is 24.0 Å². The maximum absolute atomic E-state index is 5.96. The van der Waals surface area contributed by atoms with Crippen molar-refractivity contribution >= 4 is 35.6 Å². The van der Waals surface area contributed by atoms with Crippen LogP contribution in [0, 0.1) is 6.92 Å². The van der Waals surface area contributed by atoms with Gasteiger partial charge in [-0.2, -0.15) is 0 Å². The fourth-order valence-electron chi connectivity index (χ4n) is 2.80. The molecular weight excluding hydrogens is 453 g/mol. The molecule has 5 nitrogen and oxygen atoms in total. The largest absolute Gasteiger partial charge is 0.381 e. The number of nitrogens with two attached hydrogens (primary N) is 1. The number of halogens is 1. The number of guanidine groups is 1. The van der Waals surface area contributed by atoms with Gasteiger partial charge in [-0.15, -0.1) is 24.0 Å². The zero-order valence-corrected chi connectivity index (χ0v) is 18.0. The number of rotatable bonds is 6. The first kappa shape index (κ1) is 21.7. The number of ether oxygens (including phenoxy) is 2. The molecule has 1 aliphatic rings. The fraction of sp³-hybridized carbons (Fsp3) is 0.381. The highest BCUT2D eigenvalue weighted by Gasteiger charge is 2.13. The van der Waals surface area contributed by atoms with E-state index in [9.17, 15) is 0 Å². The van der Waals surface area contributed by atoms with Gasteiger partial charge in [-0.1, -0.05) is 42.0 Å². The summed E-state index contributed by atoms with van der Waals surface area (Å²) >= 11 is 0. The third-order valence-electron chi connectivity index (χ3n) is 4.43. The van der Waals surface area contributed by atoms with Crippen molar-refractivity contribution in [3.63, 3.8) is 0 Å². The number of aryl methyl sites for hydroxylation is 1. The molecule has 1 heterocycles. The Bertz CT molecular complexity index is 711. The van der Waals surface area contributed by atoms with Crippen LogP contribution in [-0.2, 0) is 22.6 Å². The van der Waals surface area contributed by atoms with Crippen LogP contribution in [0.3, 0.4) is 0 Å². The average Bonchev–Trinajstić information content (AvgIpc) is 2.68. The van der Waals surface area contributed by atoms with Gasteiger partial charge in [0.1, 0.15) is 0 Å². The second kappa shape index (κ2) is 11.3. The smallest absolute Gasteiger partial charge is 0.193 e. The van der Waals surface area contributed by atoms with Gasteiger partial charge in [-0.05, 0) is 43.0 Å². The van der Waals surface area contributed by atoms with E-state index in [4.69, 9.17) is 15.2 Å². The Kier molecular flexibility index (Phi) is 9.03. The van der Waals surface area contributed by atoms with Gasteiger partial charge >= 0.3 is 0 Å². The van der Waals surface area contributed by atoms with Gasteiger partial charge in [-0.3, -0.25) is 0 Å². The van der Waals surface area contributed by atoms with Crippen LogP contribution in [-0.4, -0.2) is 25.3 Å². The van der Waals surface area contributed by atoms with Gasteiger partial charge in [0.2, 0.25) is 0 Å². The monoisotopic (exact) mass is 481 g/mol. The van der Waals surface area contributed by atoms with Gasteiger partial charge in [0.05, 0.1) is 19.3 Å². The second-order valence-electron chi connectivity index (χ2n) is 6.63. The zero-order chi connectivity index (χ0) is 18.2. The van der Waals surface area contributed by atoms with Crippen LogP contribution in [0.1, 0.15) is 29.5 Å². The predicted octanol–water partition coefficient (Wildman–Crippen LogP) is 4.24. The number of anilines is 1. The summed E-state index contributed by atoms with van der Waals surface area (Å²) < 4.78 is 11.3. The standard InChI is InChI=1S/C21H27N3O2.HI/c1-16-2-8-19(9-3-16)24-21(22)23-14-17-4-6-18(7-5-17)15-26-20-10-12-25-13-11-20;/h2-9,20H,10-15H2,1H3,(H3,22,23,24);1H. The first-order chi connectivity index (χ1) is 12.7. The molecule has 146 valence electrons. The van der Waals surface area contributed by atoms with Crippen LogP contribution in [0.15, 0.2) is 53.5 Å². The van der Waals surface area contributed by atoms with E-state index in [1.807, 2.05) is 24.3 Å². The van der Waals surface area contributed by atoms with Gasteiger partial charge in [0, 0.05) is 18.9 Å². The Morgan fingerprint density at radius 2 is 1.70 bits per heavy atom. The van der Waals surface area contributed by atoms with Crippen molar-refractivity contribution < 1.29 is 9.47 Å². The lowest BCUT2D eigenvalue weighted by Crippen LogP contribution is -2.23. The molecule has 2 aromatic carbocycles. The van der Waals surface area contributed by atoms with E-state index < -0.39 is 0 Å². The Balaban J connectivity index is 0.00000261. The Hall–Kier alpha value is -1.64. The minimum atomic E-state index is 0. The number of hydrogen-bond acceptors (Lipinski definition) is 3. The molecule has 3 N–H and O–H groups in total. The third kappa shape index (κ3) is 7.48. The molecule has 1 saturated heterocycles. The van der Waals surface area contributed by atoms with Gasteiger partial charge in [0.15, 0.2) is 5.96 Å². The molecule has 0 atom stereocenters. The van der Waals surface area contributed by atoms with Crippen molar-refractivity contribution in [2.45, 2.75) is 39.0 Å². The average molecular weight is 481 g/mol. The quantitative estimate of drug-likeness (QED) is 0.368. The van der Waals surface area contributed by atoms with E-state index in [0.717, 1.165) is 37.3 Å². The van der Waals surface area contributed by atoms with Crippen LogP contribution < -0.4 is 11.1 Å². The van der Waals surface area contributed by atoms with Crippen molar-refractivity contribution in [1.29, 1.82) is 0 Å². The maximum atomic E-state index is 5.96. The Labute approximate surface area is 178 Å². The van der Waals surface area contributed by atoms with Crippen molar-refractivity contribution in [1.82, 2.24) is 0 Å². The van der Waals surface area contributed by atoms with Gasteiger partial charge in [0.25, 0.3) is 0 Å². The summed E-state index contributed by atoms with van der Waals surface area (Å²) in [6.45, 7) is 4.86. The molecule has 0 aromatic heterocycles. The molecule has 27 heavy (non-hydrogen) atoms. The summed E-state index contributed by atoms with van der Waals surface area (Å²) in [5, 5.41) is 3.10. The summed E-state index contributed by atoms with van der Waals surface area (Å²) in [5.74, 6) is 0.417. The molecule has 0 bridgehead atoms.